The van der Waals surface area contributed by atoms with Gasteiger partial charge in [-0.25, -0.2) is 4.39 Å². The number of rotatable bonds is 7. The van der Waals surface area contributed by atoms with Crippen molar-refractivity contribution in [1.29, 1.82) is 0 Å². The van der Waals surface area contributed by atoms with E-state index in [1.54, 1.807) is 25.1 Å². The zero-order chi connectivity index (χ0) is 22.0. The summed E-state index contributed by atoms with van der Waals surface area (Å²) in [5, 5.41) is 8.84. The summed E-state index contributed by atoms with van der Waals surface area (Å²) < 4.78 is 21.4. The largest absolute Gasteiger partial charge is 0.466 e. The number of thioether (sulfide) groups is 1. The number of ether oxygens (including phenoxy) is 1. The molecular formula is C22H27FN4O3S. The normalized spacial score (nSPS) is 18.1. The first kappa shape index (κ1) is 21.8. The molecule has 1 unspecified atom stereocenters. The Balaban J connectivity index is 1.43. The number of hydrogen-bond donors (Lipinski definition) is 0. The third-order valence-electron chi connectivity index (χ3n) is 5.75. The zero-order valence-electron chi connectivity index (χ0n) is 17.8. The molecule has 1 atom stereocenters. The summed E-state index contributed by atoms with van der Waals surface area (Å²) in [5.74, 6) is -0.103. The molecule has 1 aromatic heterocycles. The summed E-state index contributed by atoms with van der Waals surface area (Å²) in [6.07, 6.45) is 3.24. The van der Waals surface area contributed by atoms with E-state index in [2.05, 4.69) is 10.2 Å². The minimum absolute atomic E-state index is 0.0186. The van der Waals surface area contributed by atoms with Crippen molar-refractivity contribution >= 4 is 23.6 Å². The van der Waals surface area contributed by atoms with Gasteiger partial charge in [-0.15, -0.1) is 10.2 Å². The van der Waals surface area contributed by atoms with Gasteiger partial charge in [-0.1, -0.05) is 23.9 Å². The van der Waals surface area contributed by atoms with Gasteiger partial charge >= 0.3 is 5.97 Å². The van der Waals surface area contributed by atoms with E-state index < -0.39 is 0 Å². The number of halogens is 1. The molecule has 0 radical (unpaired) electrons. The van der Waals surface area contributed by atoms with Crippen LogP contribution in [0.3, 0.4) is 0 Å². The van der Waals surface area contributed by atoms with Crippen molar-refractivity contribution in [3.63, 3.8) is 0 Å². The predicted molar refractivity (Wildman–Crippen MR) is 115 cm³/mol. The number of aromatic nitrogens is 3. The van der Waals surface area contributed by atoms with E-state index in [1.165, 1.54) is 17.8 Å². The van der Waals surface area contributed by atoms with Crippen molar-refractivity contribution in [2.24, 2.45) is 5.92 Å². The molecule has 1 aliphatic carbocycles. The van der Waals surface area contributed by atoms with Gasteiger partial charge in [-0.2, -0.15) is 0 Å². The first-order chi connectivity index (χ1) is 15.0. The van der Waals surface area contributed by atoms with Crippen molar-refractivity contribution in [3.05, 3.63) is 30.1 Å². The summed E-state index contributed by atoms with van der Waals surface area (Å²) in [5.41, 5.74) is 0.425. The van der Waals surface area contributed by atoms with E-state index in [1.807, 2.05) is 16.4 Å². The number of carbonyl (C=O) groups is 2. The molecule has 2 aromatic rings. The molecule has 9 heteroatoms. The quantitative estimate of drug-likeness (QED) is 0.477. The molecule has 2 heterocycles. The Bertz CT molecular complexity index is 954. The second-order valence-electron chi connectivity index (χ2n) is 8.00. The van der Waals surface area contributed by atoms with E-state index >= 15 is 0 Å². The van der Waals surface area contributed by atoms with Crippen LogP contribution in [0.5, 0.6) is 0 Å². The zero-order valence-corrected chi connectivity index (χ0v) is 18.6. The fourth-order valence-electron chi connectivity index (χ4n) is 3.91. The number of benzene rings is 1. The van der Waals surface area contributed by atoms with Gasteiger partial charge in [-0.05, 0) is 51.7 Å². The van der Waals surface area contributed by atoms with Crippen LogP contribution in [0.25, 0.3) is 11.4 Å². The second kappa shape index (κ2) is 9.38. The first-order valence-corrected chi connectivity index (χ1v) is 11.7. The van der Waals surface area contributed by atoms with Gasteiger partial charge in [0.2, 0.25) is 5.91 Å². The first-order valence-electron chi connectivity index (χ1n) is 10.8. The van der Waals surface area contributed by atoms with Crippen molar-refractivity contribution in [2.75, 3.05) is 19.7 Å². The van der Waals surface area contributed by atoms with Crippen LogP contribution in [0.1, 0.15) is 45.6 Å². The summed E-state index contributed by atoms with van der Waals surface area (Å²) in [6.45, 7) is 5.13. The maximum absolute atomic E-state index is 14.3. The highest BCUT2D eigenvalue weighted by Crippen LogP contribution is 2.42. The highest BCUT2D eigenvalue weighted by Gasteiger charge is 2.34. The maximum atomic E-state index is 14.3. The van der Waals surface area contributed by atoms with Gasteiger partial charge in [-0.3, -0.25) is 14.2 Å². The monoisotopic (exact) mass is 446 g/mol. The van der Waals surface area contributed by atoms with Crippen molar-refractivity contribution in [3.8, 4) is 11.4 Å². The van der Waals surface area contributed by atoms with Crippen molar-refractivity contribution in [1.82, 2.24) is 19.7 Å². The third kappa shape index (κ3) is 4.76. The minimum Gasteiger partial charge on any atom is -0.466 e. The fraction of sp³-hybridized carbons (Fsp3) is 0.545. The fourth-order valence-corrected chi connectivity index (χ4v) is 4.91. The highest BCUT2D eigenvalue weighted by atomic mass is 32.2. The van der Waals surface area contributed by atoms with Gasteiger partial charge in [0.1, 0.15) is 5.82 Å². The van der Waals surface area contributed by atoms with Crippen LogP contribution in [-0.4, -0.2) is 56.5 Å². The lowest BCUT2D eigenvalue weighted by atomic mass is 9.97. The van der Waals surface area contributed by atoms with Gasteiger partial charge in [0.15, 0.2) is 11.0 Å². The molecule has 1 aromatic carbocycles. The Morgan fingerprint density at radius 3 is 2.55 bits per heavy atom. The van der Waals surface area contributed by atoms with E-state index in [-0.39, 0.29) is 34.9 Å². The molecule has 0 bridgehead atoms. The highest BCUT2D eigenvalue weighted by molar-refractivity contribution is 8.00. The molecular weight excluding hydrogens is 419 g/mol. The number of likely N-dealkylation sites (tertiary alicyclic amines) is 1. The molecule has 1 saturated heterocycles. The van der Waals surface area contributed by atoms with Crippen LogP contribution in [0, 0.1) is 11.7 Å². The van der Waals surface area contributed by atoms with Crippen LogP contribution in [-0.2, 0) is 14.3 Å². The lowest BCUT2D eigenvalue weighted by Crippen LogP contribution is -2.43. The van der Waals surface area contributed by atoms with Crippen LogP contribution < -0.4 is 0 Å². The van der Waals surface area contributed by atoms with Crippen LogP contribution in [0.15, 0.2) is 29.4 Å². The van der Waals surface area contributed by atoms with Crippen LogP contribution >= 0.6 is 11.8 Å². The molecule has 31 heavy (non-hydrogen) atoms. The van der Waals surface area contributed by atoms with Gasteiger partial charge in [0, 0.05) is 19.1 Å². The molecule has 1 aliphatic heterocycles. The van der Waals surface area contributed by atoms with E-state index in [0.717, 1.165) is 12.8 Å². The van der Waals surface area contributed by atoms with Crippen molar-refractivity contribution in [2.45, 2.75) is 56.0 Å². The molecule has 0 spiro atoms. The summed E-state index contributed by atoms with van der Waals surface area (Å²) in [6, 6.07) is 6.80. The van der Waals surface area contributed by atoms with E-state index in [4.69, 9.17) is 4.74 Å². The average molecular weight is 447 g/mol. The molecule has 1 amide bonds. The number of esters is 1. The SMILES string of the molecule is CCOC(=O)C1CCN(C(=O)C(C)Sc2nnc(-c3ccccc3F)n2C2CC2)CC1. The lowest BCUT2D eigenvalue weighted by molar-refractivity contribution is -0.151. The number of carbonyl (C=O) groups excluding carboxylic acids is 2. The minimum atomic E-state index is -0.352. The third-order valence-corrected chi connectivity index (χ3v) is 6.79. The standard InChI is InChI=1S/C22H27FN4O3S/c1-3-30-21(29)15-10-12-26(13-11-15)20(28)14(2)31-22-25-24-19(27(22)16-8-9-16)17-6-4-5-7-18(17)23/h4-7,14-16H,3,8-13H2,1-2H3. The van der Waals surface area contributed by atoms with Crippen LogP contribution in [0.2, 0.25) is 0 Å². The lowest BCUT2D eigenvalue weighted by Gasteiger charge is -2.32. The number of amides is 1. The molecule has 4 rings (SSSR count). The summed E-state index contributed by atoms with van der Waals surface area (Å²) in [7, 11) is 0. The van der Waals surface area contributed by atoms with Gasteiger partial charge in [0.25, 0.3) is 0 Å². The predicted octanol–water partition coefficient (Wildman–Crippen LogP) is 3.70. The number of piperidine rings is 1. The summed E-state index contributed by atoms with van der Waals surface area (Å²) in [4.78, 5) is 26.7. The average Bonchev–Trinajstić information content (AvgIpc) is 3.54. The number of nitrogens with zero attached hydrogens (tertiary/aromatic N) is 4. The molecule has 7 nitrogen and oxygen atoms in total. The Kier molecular flexibility index (Phi) is 6.60. The molecule has 1 saturated carbocycles. The molecule has 0 N–H and O–H groups in total. The van der Waals surface area contributed by atoms with E-state index in [9.17, 15) is 14.0 Å². The second-order valence-corrected chi connectivity index (χ2v) is 9.31. The topological polar surface area (TPSA) is 77.3 Å². The molecule has 2 fully saturated rings. The molecule has 166 valence electrons. The Morgan fingerprint density at radius 2 is 1.90 bits per heavy atom. The Morgan fingerprint density at radius 1 is 1.19 bits per heavy atom. The smallest absolute Gasteiger partial charge is 0.309 e. The Labute approximate surface area is 185 Å². The van der Waals surface area contributed by atoms with Gasteiger partial charge < -0.3 is 9.64 Å². The maximum Gasteiger partial charge on any atom is 0.309 e. The van der Waals surface area contributed by atoms with Crippen LogP contribution in [0.4, 0.5) is 4.39 Å². The Hall–Kier alpha value is -2.42. The van der Waals surface area contributed by atoms with Gasteiger partial charge in [0.05, 0.1) is 23.3 Å². The summed E-state index contributed by atoms with van der Waals surface area (Å²) >= 11 is 1.36. The number of hydrogen-bond acceptors (Lipinski definition) is 6. The molecule has 2 aliphatic rings. The van der Waals surface area contributed by atoms with E-state index in [0.29, 0.717) is 49.1 Å². The van der Waals surface area contributed by atoms with Crippen molar-refractivity contribution < 1.29 is 18.7 Å².